The van der Waals surface area contributed by atoms with Gasteiger partial charge < -0.3 is 4.74 Å². The van der Waals surface area contributed by atoms with E-state index in [1.54, 1.807) is 31.2 Å². The molecular weight excluding hydrogens is 432 g/mol. The molecule has 2 N–H and O–H groups in total. The lowest BCUT2D eigenvalue weighted by atomic mass is 10.1. The molecule has 0 heterocycles. The van der Waals surface area contributed by atoms with Gasteiger partial charge in [-0.05, 0) is 50.1 Å². The molecule has 2 aromatic rings. The third-order valence-electron chi connectivity index (χ3n) is 4.12. The van der Waals surface area contributed by atoms with Crippen molar-refractivity contribution in [2.24, 2.45) is 0 Å². The summed E-state index contributed by atoms with van der Waals surface area (Å²) in [4.78, 5) is 12.0. The fraction of sp³-hybridized carbons (Fsp3) is 0.316. The second-order valence-electron chi connectivity index (χ2n) is 6.48. The Morgan fingerprint density at radius 2 is 1.63 bits per heavy atom. The highest BCUT2D eigenvalue weighted by atomic mass is 32.2. The summed E-state index contributed by atoms with van der Waals surface area (Å²) in [5.74, 6) is -0.652. The highest BCUT2D eigenvalue weighted by Crippen LogP contribution is 2.18. The summed E-state index contributed by atoms with van der Waals surface area (Å²) in [6.07, 6.45) is 0.274. The zero-order chi connectivity index (χ0) is 22.4. The molecule has 0 saturated carbocycles. The summed E-state index contributed by atoms with van der Waals surface area (Å²) in [7, 11) is -8.30. The zero-order valence-corrected chi connectivity index (χ0v) is 18.2. The van der Waals surface area contributed by atoms with Crippen molar-refractivity contribution in [1.82, 2.24) is 4.31 Å². The van der Waals surface area contributed by atoms with Crippen LogP contribution < -0.4 is 4.72 Å². The van der Waals surface area contributed by atoms with Crippen LogP contribution in [0.5, 0.6) is 0 Å². The SMILES string of the molecule is CCOC(=O)CN(CCc1ccc(NS(=O)(=O)O)cc1)S(=O)(=O)c1ccc(C)cc1. The standard InChI is InChI=1S/C19H24N2O7S2/c1-3-28-19(22)14-21(29(23,24)18-10-4-15(2)5-11-18)13-12-16-6-8-17(9-7-16)20-30(25,26)27/h4-11,20H,3,12-14H2,1-2H3,(H,25,26,27). The molecule has 0 radical (unpaired) electrons. The second-order valence-corrected chi connectivity index (χ2v) is 9.57. The fourth-order valence-corrected chi connectivity index (χ4v) is 4.46. The first-order valence-corrected chi connectivity index (χ1v) is 12.0. The number of aryl methyl sites for hydroxylation is 1. The van der Waals surface area contributed by atoms with E-state index >= 15 is 0 Å². The van der Waals surface area contributed by atoms with Crippen LogP contribution in [0.4, 0.5) is 5.69 Å². The van der Waals surface area contributed by atoms with Gasteiger partial charge in [0.2, 0.25) is 10.0 Å². The molecule has 0 unspecified atom stereocenters. The highest BCUT2D eigenvalue weighted by Gasteiger charge is 2.27. The van der Waals surface area contributed by atoms with E-state index in [-0.39, 0.29) is 30.2 Å². The van der Waals surface area contributed by atoms with Crippen LogP contribution in [0.25, 0.3) is 0 Å². The smallest absolute Gasteiger partial charge is 0.357 e. The quantitative estimate of drug-likeness (QED) is 0.413. The van der Waals surface area contributed by atoms with Gasteiger partial charge in [-0.25, -0.2) is 8.42 Å². The molecule has 0 atom stereocenters. The van der Waals surface area contributed by atoms with Crippen LogP contribution in [0.1, 0.15) is 18.1 Å². The first kappa shape index (κ1) is 23.8. The highest BCUT2D eigenvalue weighted by molar-refractivity contribution is 7.89. The van der Waals surface area contributed by atoms with Gasteiger partial charge in [0.15, 0.2) is 0 Å². The molecule has 2 rings (SSSR count). The predicted octanol–water partition coefficient (Wildman–Crippen LogP) is 2.01. The van der Waals surface area contributed by atoms with E-state index in [1.807, 2.05) is 11.6 Å². The Hall–Kier alpha value is -2.47. The number of carbonyl (C=O) groups is 1. The van der Waals surface area contributed by atoms with Crippen LogP contribution >= 0.6 is 0 Å². The third kappa shape index (κ3) is 7.10. The number of hydrogen-bond donors (Lipinski definition) is 2. The van der Waals surface area contributed by atoms with Crippen LogP contribution in [0.15, 0.2) is 53.4 Å². The molecule has 0 saturated heterocycles. The van der Waals surface area contributed by atoms with Crippen molar-refractivity contribution in [3.05, 3.63) is 59.7 Å². The Labute approximate surface area is 176 Å². The van der Waals surface area contributed by atoms with Crippen molar-refractivity contribution in [2.75, 3.05) is 24.4 Å². The third-order valence-corrected chi connectivity index (χ3v) is 6.47. The summed E-state index contributed by atoms with van der Waals surface area (Å²) < 4.78 is 64.4. The van der Waals surface area contributed by atoms with E-state index in [1.165, 1.54) is 24.3 Å². The minimum absolute atomic E-state index is 0.0140. The summed E-state index contributed by atoms with van der Waals surface area (Å²) in [5.41, 5.74) is 1.78. The van der Waals surface area contributed by atoms with E-state index in [0.29, 0.717) is 5.56 Å². The molecule has 0 aromatic heterocycles. The van der Waals surface area contributed by atoms with Gasteiger partial charge in [-0.2, -0.15) is 12.7 Å². The van der Waals surface area contributed by atoms with Gasteiger partial charge in [0.25, 0.3) is 0 Å². The maximum absolute atomic E-state index is 13.0. The number of hydrogen-bond acceptors (Lipinski definition) is 6. The number of ether oxygens (including phenoxy) is 1. The summed E-state index contributed by atoms with van der Waals surface area (Å²) in [6.45, 7) is 3.21. The summed E-state index contributed by atoms with van der Waals surface area (Å²) in [6, 6.07) is 12.4. The van der Waals surface area contributed by atoms with Crippen LogP contribution in [0.2, 0.25) is 0 Å². The summed E-state index contributed by atoms with van der Waals surface area (Å²) in [5, 5.41) is 0. The van der Waals surface area contributed by atoms with E-state index in [2.05, 4.69) is 0 Å². The zero-order valence-electron chi connectivity index (χ0n) is 16.6. The molecular formula is C19H24N2O7S2. The number of benzene rings is 2. The number of anilines is 1. The molecule has 9 nitrogen and oxygen atoms in total. The van der Waals surface area contributed by atoms with E-state index in [9.17, 15) is 21.6 Å². The Kier molecular flexibility index (Phi) is 7.96. The lowest BCUT2D eigenvalue weighted by molar-refractivity contribution is -0.143. The van der Waals surface area contributed by atoms with Crippen molar-refractivity contribution in [2.45, 2.75) is 25.2 Å². The number of nitrogens with zero attached hydrogens (tertiary/aromatic N) is 1. The molecule has 30 heavy (non-hydrogen) atoms. The second kappa shape index (κ2) is 10.0. The molecule has 11 heteroatoms. The molecule has 164 valence electrons. The number of nitrogens with one attached hydrogen (secondary N) is 1. The molecule has 0 bridgehead atoms. The van der Waals surface area contributed by atoms with E-state index < -0.39 is 32.8 Å². The van der Waals surface area contributed by atoms with Crippen molar-refractivity contribution in [3.63, 3.8) is 0 Å². The molecule has 0 aliphatic rings. The van der Waals surface area contributed by atoms with Crippen LogP contribution in [-0.4, -0.2) is 51.4 Å². The molecule has 0 aliphatic heterocycles. The van der Waals surface area contributed by atoms with Crippen LogP contribution in [0, 0.1) is 6.92 Å². The van der Waals surface area contributed by atoms with Gasteiger partial charge in [-0.15, -0.1) is 0 Å². The average molecular weight is 457 g/mol. The minimum atomic E-state index is -4.38. The van der Waals surface area contributed by atoms with E-state index in [4.69, 9.17) is 9.29 Å². The van der Waals surface area contributed by atoms with E-state index in [0.717, 1.165) is 9.87 Å². The topological polar surface area (TPSA) is 130 Å². The largest absolute Gasteiger partial charge is 0.465 e. The predicted molar refractivity (Wildman–Crippen MR) is 112 cm³/mol. The average Bonchev–Trinajstić information content (AvgIpc) is 2.65. The van der Waals surface area contributed by atoms with Crippen LogP contribution in [-0.2, 0) is 36.3 Å². The van der Waals surface area contributed by atoms with Gasteiger partial charge in [0.05, 0.1) is 17.2 Å². The van der Waals surface area contributed by atoms with Gasteiger partial charge >= 0.3 is 16.3 Å². The maximum Gasteiger partial charge on any atom is 0.357 e. The maximum atomic E-state index is 13.0. The van der Waals surface area contributed by atoms with Crippen LogP contribution in [0.3, 0.4) is 0 Å². The molecule has 0 fully saturated rings. The van der Waals surface area contributed by atoms with Crippen molar-refractivity contribution < 1.29 is 30.9 Å². The van der Waals surface area contributed by atoms with Gasteiger partial charge in [-0.1, -0.05) is 29.8 Å². The molecule has 0 aliphatic carbocycles. The molecule has 0 spiro atoms. The minimum Gasteiger partial charge on any atom is -0.465 e. The van der Waals surface area contributed by atoms with Gasteiger partial charge in [-0.3, -0.25) is 14.1 Å². The Bertz CT molecular complexity index is 1060. The first-order valence-electron chi connectivity index (χ1n) is 9.08. The van der Waals surface area contributed by atoms with Crippen molar-refractivity contribution in [3.8, 4) is 0 Å². The normalized spacial score (nSPS) is 12.0. The molecule has 2 aromatic carbocycles. The van der Waals surface area contributed by atoms with Crippen molar-refractivity contribution in [1.29, 1.82) is 0 Å². The Balaban J connectivity index is 2.19. The lowest BCUT2D eigenvalue weighted by Gasteiger charge is -2.21. The van der Waals surface area contributed by atoms with Gasteiger partial charge in [0, 0.05) is 6.54 Å². The monoisotopic (exact) mass is 456 g/mol. The first-order chi connectivity index (χ1) is 14.0. The lowest BCUT2D eigenvalue weighted by Crippen LogP contribution is -2.38. The van der Waals surface area contributed by atoms with Gasteiger partial charge in [0.1, 0.15) is 6.54 Å². The molecule has 0 amide bonds. The number of carbonyl (C=O) groups excluding carboxylic acids is 1. The fourth-order valence-electron chi connectivity index (χ4n) is 2.64. The summed E-state index contributed by atoms with van der Waals surface area (Å²) >= 11 is 0. The number of sulfonamides is 1. The number of esters is 1. The number of rotatable bonds is 10. The van der Waals surface area contributed by atoms with Crippen molar-refractivity contribution >= 4 is 32.0 Å². The Morgan fingerprint density at radius 1 is 1.03 bits per heavy atom. The Morgan fingerprint density at radius 3 is 2.17 bits per heavy atom.